The number of halogens is 3. The van der Waals surface area contributed by atoms with Gasteiger partial charge in [-0.2, -0.15) is 0 Å². The number of fused-ring (bicyclic) bond motifs is 1. The second-order valence-corrected chi connectivity index (χ2v) is 11.8. The first-order valence-corrected chi connectivity index (χ1v) is 14.6. The highest BCUT2D eigenvalue weighted by Gasteiger charge is 2.43. The number of hydrogen-bond donors (Lipinski definition) is 1. The Morgan fingerprint density at radius 1 is 0.974 bits per heavy atom. The molecule has 0 aliphatic carbocycles. The molecular weight excluding hydrogens is 650 g/mol. The maximum Gasteiger partial charge on any atom is 0.257 e. The van der Waals surface area contributed by atoms with Crippen molar-refractivity contribution in [3.8, 4) is 0 Å². The van der Waals surface area contributed by atoms with Gasteiger partial charge in [-0.1, -0.05) is 41.4 Å². The molecule has 2 N–H and O–H groups in total. The van der Waals surface area contributed by atoms with Crippen LogP contribution in [0.4, 0.5) is 11.4 Å². The molecule has 2 heterocycles. The third kappa shape index (κ3) is 5.90. The van der Waals surface area contributed by atoms with Crippen LogP contribution in [-0.2, 0) is 9.53 Å². The summed E-state index contributed by atoms with van der Waals surface area (Å²) in [5.74, 6) is -0.425. The molecule has 204 valence electrons. The summed E-state index contributed by atoms with van der Waals surface area (Å²) < 4.78 is 6.40. The van der Waals surface area contributed by atoms with E-state index in [0.717, 1.165) is 16.7 Å². The summed E-state index contributed by atoms with van der Waals surface area (Å²) in [6, 6.07) is 16.6. The number of rotatable bonds is 6. The first-order chi connectivity index (χ1) is 18.7. The highest BCUT2D eigenvalue weighted by molar-refractivity contribution is 14.1. The fraction of sp³-hybridized carbons (Fsp3) is 0.310. The van der Waals surface area contributed by atoms with Crippen molar-refractivity contribution >= 4 is 69.0 Å². The standard InChI is InChI=1S/C29H29Cl2IN4O3/c1-18(23-8-6-21(31)16-25(23)33)36-27(19-2-4-20(30)5-3-19)29(38)35(11-10-34-12-14-39-15-13-34)26-9-7-22(32)17-24(26)28(36)37/h2-9,16-18,27H,10-15,33H2,1H3/t18?,27-/m1/s1. The van der Waals surface area contributed by atoms with E-state index in [4.69, 9.17) is 33.7 Å². The minimum Gasteiger partial charge on any atom is -0.398 e. The second kappa shape index (κ2) is 12.0. The summed E-state index contributed by atoms with van der Waals surface area (Å²) >= 11 is 14.6. The van der Waals surface area contributed by atoms with Crippen molar-refractivity contribution in [2.24, 2.45) is 0 Å². The van der Waals surface area contributed by atoms with Crippen molar-refractivity contribution in [2.75, 3.05) is 50.0 Å². The zero-order valence-electron chi connectivity index (χ0n) is 21.4. The van der Waals surface area contributed by atoms with E-state index < -0.39 is 12.1 Å². The Bertz CT molecular complexity index is 1380. The van der Waals surface area contributed by atoms with Crippen LogP contribution in [0.2, 0.25) is 10.0 Å². The molecule has 10 heteroatoms. The number of morpholine rings is 1. The molecule has 2 aliphatic rings. The molecule has 2 aliphatic heterocycles. The number of hydrogen-bond acceptors (Lipinski definition) is 5. The lowest BCUT2D eigenvalue weighted by Gasteiger charge is -2.36. The van der Waals surface area contributed by atoms with Crippen LogP contribution in [0.15, 0.2) is 60.7 Å². The number of anilines is 2. The van der Waals surface area contributed by atoms with Gasteiger partial charge in [0, 0.05) is 45.5 Å². The minimum absolute atomic E-state index is 0.182. The maximum atomic E-state index is 14.6. The highest BCUT2D eigenvalue weighted by atomic mass is 127. The predicted molar refractivity (Wildman–Crippen MR) is 163 cm³/mol. The number of carbonyl (C=O) groups excluding carboxylic acids is 2. The van der Waals surface area contributed by atoms with E-state index in [1.807, 2.05) is 43.3 Å². The summed E-state index contributed by atoms with van der Waals surface area (Å²) in [7, 11) is 0. The van der Waals surface area contributed by atoms with Crippen LogP contribution < -0.4 is 10.6 Å². The smallest absolute Gasteiger partial charge is 0.257 e. The highest BCUT2D eigenvalue weighted by Crippen LogP contribution is 2.41. The van der Waals surface area contributed by atoms with Crippen LogP contribution in [0, 0.1) is 3.57 Å². The maximum absolute atomic E-state index is 14.6. The van der Waals surface area contributed by atoms with Gasteiger partial charge < -0.3 is 20.3 Å². The Morgan fingerprint density at radius 2 is 1.67 bits per heavy atom. The molecule has 0 bridgehead atoms. The fourth-order valence-corrected chi connectivity index (χ4v) is 6.07. The molecule has 7 nitrogen and oxygen atoms in total. The van der Waals surface area contributed by atoms with Crippen LogP contribution in [-0.4, -0.2) is 61.0 Å². The molecular formula is C29H29Cl2IN4O3. The van der Waals surface area contributed by atoms with Crippen LogP contribution in [0.25, 0.3) is 0 Å². The summed E-state index contributed by atoms with van der Waals surface area (Å²) in [5, 5.41) is 1.06. The van der Waals surface area contributed by atoms with Gasteiger partial charge in [0.25, 0.3) is 11.8 Å². The molecule has 2 amide bonds. The molecule has 2 atom stereocenters. The first kappa shape index (κ1) is 28.2. The topological polar surface area (TPSA) is 79.1 Å². The number of nitrogen functional groups attached to an aromatic ring is 1. The van der Waals surface area contributed by atoms with E-state index >= 15 is 0 Å². The van der Waals surface area contributed by atoms with Gasteiger partial charge in [0.05, 0.1) is 30.5 Å². The van der Waals surface area contributed by atoms with Gasteiger partial charge in [0.1, 0.15) is 6.04 Å². The molecule has 0 radical (unpaired) electrons. The zero-order chi connectivity index (χ0) is 27.7. The Hall–Kier alpha value is -2.37. The van der Waals surface area contributed by atoms with Crippen molar-refractivity contribution in [3.05, 3.63) is 91.0 Å². The van der Waals surface area contributed by atoms with E-state index in [9.17, 15) is 9.59 Å². The number of nitrogens with zero attached hydrogens (tertiary/aromatic N) is 3. The summed E-state index contributed by atoms with van der Waals surface area (Å²) in [6.45, 7) is 5.95. The molecule has 0 saturated carbocycles. The van der Waals surface area contributed by atoms with Gasteiger partial charge >= 0.3 is 0 Å². The average Bonchev–Trinajstić information content (AvgIpc) is 3.01. The Morgan fingerprint density at radius 3 is 2.36 bits per heavy atom. The van der Waals surface area contributed by atoms with Gasteiger partial charge in [-0.05, 0) is 83.1 Å². The first-order valence-electron chi connectivity index (χ1n) is 12.8. The zero-order valence-corrected chi connectivity index (χ0v) is 25.1. The van der Waals surface area contributed by atoms with Crippen molar-refractivity contribution in [3.63, 3.8) is 0 Å². The van der Waals surface area contributed by atoms with E-state index in [1.54, 1.807) is 34.1 Å². The lowest BCUT2D eigenvalue weighted by Crippen LogP contribution is -2.47. The summed E-state index contributed by atoms with van der Waals surface area (Å²) in [6.07, 6.45) is 0. The van der Waals surface area contributed by atoms with Crippen molar-refractivity contribution in [1.82, 2.24) is 9.80 Å². The Labute approximate surface area is 251 Å². The summed E-state index contributed by atoms with van der Waals surface area (Å²) in [4.78, 5) is 34.7. The van der Waals surface area contributed by atoms with Gasteiger partial charge in [0.2, 0.25) is 0 Å². The van der Waals surface area contributed by atoms with Crippen LogP contribution in [0.1, 0.15) is 40.5 Å². The number of benzene rings is 3. The van der Waals surface area contributed by atoms with Crippen LogP contribution in [0.3, 0.4) is 0 Å². The molecule has 1 fully saturated rings. The molecule has 1 saturated heterocycles. The SMILES string of the molecule is CC(c1ccc(Cl)cc1N)N1C(=O)c2cc(I)ccc2N(CCN2CCOCC2)C(=O)[C@H]1c1ccc(Cl)cc1. The van der Waals surface area contributed by atoms with E-state index in [2.05, 4.69) is 27.5 Å². The fourth-order valence-electron chi connectivity index (χ4n) is 5.28. The quantitative estimate of drug-likeness (QED) is 0.263. The molecule has 3 aromatic rings. The molecule has 0 spiro atoms. The normalized spacial score (nSPS) is 19.1. The van der Waals surface area contributed by atoms with Crippen LogP contribution in [0.5, 0.6) is 0 Å². The van der Waals surface area contributed by atoms with Crippen molar-refractivity contribution in [2.45, 2.75) is 19.0 Å². The van der Waals surface area contributed by atoms with Gasteiger partial charge in [0.15, 0.2) is 0 Å². The Kier molecular flexibility index (Phi) is 8.68. The predicted octanol–water partition coefficient (Wildman–Crippen LogP) is 5.80. The van der Waals surface area contributed by atoms with Crippen molar-refractivity contribution in [1.29, 1.82) is 0 Å². The molecule has 5 rings (SSSR count). The number of carbonyl (C=O) groups is 2. The minimum atomic E-state index is -0.894. The number of ether oxygens (including phenoxy) is 1. The third-order valence-electron chi connectivity index (χ3n) is 7.34. The third-order valence-corrected chi connectivity index (χ3v) is 8.50. The molecule has 1 unspecified atom stereocenters. The average molecular weight is 679 g/mol. The van der Waals surface area contributed by atoms with Gasteiger partial charge in [-0.3, -0.25) is 14.5 Å². The van der Waals surface area contributed by atoms with E-state index in [0.29, 0.717) is 64.4 Å². The lowest BCUT2D eigenvalue weighted by atomic mass is 9.97. The Balaban J connectivity index is 1.64. The monoisotopic (exact) mass is 678 g/mol. The van der Waals surface area contributed by atoms with Gasteiger partial charge in [-0.15, -0.1) is 0 Å². The largest absolute Gasteiger partial charge is 0.398 e. The number of amides is 2. The molecule has 39 heavy (non-hydrogen) atoms. The summed E-state index contributed by atoms with van der Waals surface area (Å²) in [5.41, 5.74) is 9.32. The van der Waals surface area contributed by atoms with Crippen molar-refractivity contribution < 1.29 is 14.3 Å². The van der Waals surface area contributed by atoms with Crippen LogP contribution >= 0.6 is 45.8 Å². The number of nitrogens with two attached hydrogens (primary N) is 1. The molecule has 0 aromatic heterocycles. The van der Waals surface area contributed by atoms with Gasteiger partial charge in [-0.25, -0.2) is 0 Å². The lowest BCUT2D eigenvalue weighted by molar-refractivity contribution is -0.123. The van der Waals surface area contributed by atoms with E-state index in [-0.39, 0.29) is 11.8 Å². The second-order valence-electron chi connectivity index (χ2n) is 9.72. The van der Waals surface area contributed by atoms with E-state index in [1.165, 1.54) is 0 Å². The molecule has 3 aromatic carbocycles.